The van der Waals surface area contributed by atoms with Gasteiger partial charge in [-0.2, -0.15) is 0 Å². The number of rotatable bonds is 9. The summed E-state index contributed by atoms with van der Waals surface area (Å²) in [7, 11) is 0. The van der Waals surface area contributed by atoms with Crippen molar-refractivity contribution in [2.24, 2.45) is 0 Å². The molecule has 1 aliphatic rings. The van der Waals surface area contributed by atoms with Crippen molar-refractivity contribution in [2.45, 2.75) is 54.1 Å². The first-order chi connectivity index (χ1) is 18.8. The number of benzene rings is 1. The lowest BCUT2D eigenvalue weighted by Crippen LogP contribution is -2.43. The van der Waals surface area contributed by atoms with Crippen molar-refractivity contribution in [2.75, 3.05) is 37.6 Å². The minimum atomic E-state index is -0.803. The average molecular weight is 556 g/mol. The highest BCUT2D eigenvalue weighted by molar-refractivity contribution is 6.42. The van der Waals surface area contributed by atoms with Gasteiger partial charge in [0.25, 0.3) is 17.7 Å². The van der Waals surface area contributed by atoms with E-state index in [9.17, 15) is 23.6 Å². The number of aromatic nitrogens is 1. The van der Waals surface area contributed by atoms with Crippen LogP contribution in [0, 0.1) is 19.7 Å². The van der Waals surface area contributed by atoms with Crippen LogP contribution in [-0.4, -0.2) is 72.0 Å². The number of ether oxygens (including phenoxy) is 1. The molecule has 11 heteroatoms. The Morgan fingerprint density at radius 2 is 1.80 bits per heavy atom. The van der Waals surface area contributed by atoms with Crippen LogP contribution in [0.15, 0.2) is 18.2 Å². The van der Waals surface area contributed by atoms with E-state index in [1.807, 2.05) is 0 Å². The number of H-pyrrole nitrogens is 1. The number of amides is 4. The molecule has 1 aliphatic heterocycles. The number of carbonyl (C=O) groups excluding carboxylic acids is 4. The van der Waals surface area contributed by atoms with Crippen molar-refractivity contribution in [1.82, 2.24) is 20.5 Å². The van der Waals surface area contributed by atoms with Crippen molar-refractivity contribution < 1.29 is 28.3 Å². The first kappa shape index (κ1) is 30.6. The maximum atomic E-state index is 14.2. The minimum absolute atomic E-state index is 0.0814. The SMILES string of the molecule is CCN(CC)CCNC(=O)c1c(C)[nH]c(/C=C2\C(=O)N(C(=O)CNC(=O)OC(C)(C)C)c3ccc(F)cc32)c1C. The molecule has 0 radical (unpaired) electrons. The number of likely N-dealkylation sites (N-methyl/N-ethyl adjacent to an activating group) is 1. The Labute approximate surface area is 233 Å². The van der Waals surface area contributed by atoms with Gasteiger partial charge in [0.15, 0.2) is 0 Å². The van der Waals surface area contributed by atoms with Crippen LogP contribution in [0.2, 0.25) is 0 Å². The van der Waals surface area contributed by atoms with Crippen LogP contribution in [-0.2, 0) is 14.3 Å². The number of carbonyl (C=O) groups is 4. The first-order valence-electron chi connectivity index (χ1n) is 13.3. The second kappa shape index (κ2) is 12.5. The van der Waals surface area contributed by atoms with Gasteiger partial charge in [-0.25, -0.2) is 14.1 Å². The van der Waals surface area contributed by atoms with Crippen molar-refractivity contribution in [3.05, 3.63) is 52.1 Å². The monoisotopic (exact) mass is 555 g/mol. The molecule has 2 aromatic rings. The Kier molecular flexibility index (Phi) is 9.52. The lowest BCUT2D eigenvalue weighted by Gasteiger charge is -2.20. The molecule has 2 heterocycles. The zero-order valence-corrected chi connectivity index (χ0v) is 24.2. The Morgan fingerprint density at radius 3 is 2.42 bits per heavy atom. The molecule has 40 heavy (non-hydrogen) atoms. The quantitative estimate of drug-likeness (QED) is 0.405. The molecule has 0 saturated carbocycles. The number of halogens is 1. The predicted octanol–water partition coefficient (Wildman–Crippen LogP) is 3.78. The van der Waals surface area contributed by atoms with Gasteiger partial charge in [0, 0.05) is 30.0 Å². The number of aromatic amines is 1. The molecule has 0 saturated heterocycles. The van der Waals surface area contributed by atoms with Gasteiger partial charge in [-0.1, -0.05) is 13.8 Å². The number of fused-ring (bicyclic) bond motifs is 1. The number of aryl methyl sites for hydroxylation is 1. The van der Waals surface area contributed by atoms with E-state index in [0.717, 1.165) is 30.6 Å². The van der Waals surface area contributed by atoms with Gasteiger partial charge in [0.2, 0.25) is 0 Å². The summed E-state index contributed by atoms with van der Waals surface area (Å²) in [4.78, 5) is 57.7. The van der Waals surface area contributed by atoms with Crippen LogP contribution < -0.4 is 15.5 Å². The van der Waals surface area contributed by atoms with E-state index in [1.165, 1.54) is 18.2 Å². The third kappa shape index (κ3) is 6.95. The number of hydrogen-bond donors (Lipinski definition) is 3. The van der Waals surface area contributed by atoms with Crippen LogP contribution in [0.1, 0.15) is 67.5 Å². The summed E-state index contributed by atoms with van der Waals surface area (Å²) >= 11 is 0. The summed E-state index contributed by atoms with van der Waals surface area (Å²) in [5, 5.41) is 5.30. The minimum Gasteiger partial charge on any atom is -0.444 e. The number of alkyl carbamates (subject to hydrolysis) is 1. The van der Waals surface area contributed by atoms with Crippen molar-refractivity contribution in [3.63, 3.8) is 0 Å². The van der Waals surface area contributed by atoms with Gasteiger partial charge in [0.1, 0.15) is 18.0 Å². The average Bonchev–Trinajstić information content (AvgIpc) is 3.30. The molecule has 0 unspecified atom stereocenters. The Morgan fingerprint density at radius 1 is 1.12 bits per heavy atom. The van der Waals surface area contributed by atoms with Crippen LogP contribution >= 0.6 is 0 Å². The van der Waals surface area contributed by atoms with Gasteiger partial charge in [-0.05, 0) is 77.5 Å². The van der Waals surface area contributed by atoms with E-state index in [-0.39, 0.29) is 22.7 Å². The highest BCUT2D eigenvalue weighted by atomic mass is 19.1. The fourth-order valence-corrected chi connectivity index (χ4v) is 4.55. The predicted molar refractivity (Wildman–Crippen MR) is 151 cm³/mol. The molecule has 1 aromatic carbocycles. The van der Waals surface area contributed by atoms with Crippen LogP contribution in [0.5, 0.6) is 0 Å². The van der Waals surface area contributed by atoms with Gasteiger partial charge in [-0.15, -0.1) is 0 Å². The Hall–Kier alpha value is -3.99. The van der Waals surface area contributed by atoms with E-state index >= 15 is 0 Å². The number of hydrogen-bond acceptors (Lipinski definition) is 6. The van der Waals surface area contributed by atoms with E-state index in [2.05, 4.69) is 34.4 Å². The number of nitrogens with one attached hydrogen (secondary N) is 3. The number of imide groups is 1. The van der Waals surface area contributed by atoms with E-state index in [4.69, 9.17) is 4.74 Å². The van der Waals surface area contributed by atoms with Crippen LogP contribution in [0.25, 0.3) is 11.6 Å². The Bertz CT molecular complexity index is 1340. The van der Waals surface area contributed by atoms with Crippen molar-refractivity contribution in [1.29, 1.82) is 0 Å². The third-order valence-corrected chi connectivity index (χ3v) is 6.56. The summed E-state index contributed by atoms with van der Waals surface area (Å²) in [5.41, 5.74) is 1.94. The zero-order valence-electron chi connectivity index (χ0n) is 24.2. The smallest absolute Gasteiger partial charge is 0.408 e. The van der Waals surface area contributed by atoms with Gasteiger partial charge < -0.3 is 25.3 Å². The summed E-state index contributed by atoms with van der Waals surface area (Å²) in [5.74, 6) is -2.20. The molecular weight excluding hydrogens is 517 g/mol. The first-order valence-corrected chi connectivity index (χ1v) is 13.3. The standard InChI is InChI=1S/C29H38FN5O5/c1-8-34(9-2)13-12-31-26(37)25-17(3)22(33-18(25)4)15-21-20-14-19(30)10-11-23(20)35(27(21)38)24(36)16-32-28(39)40-29(5,6)7/h10-11,14-15,33H,8-9,12-13,16H2,1-7H3,(H,31,37)(H,32,39)/b21-15-. The topological polar surface area (TPSA) is 124 Å². The molecule has 0 bridgehead atoms. The summed E-state index contributed by atoms with van der Waals surface area (Å²) in [6.07, 6.45) is 0.715. The van der Waals surface area contributed by atoms with Gasteiger partial charge in [0.05, 0.1) is 16.8 Å². The molecular formula is C29H38FN5O5. The summed E-state index contributed by atoms with van der Waals surface area (Å²) in [6.45, 7) is 15.2. The second-order valence-corrected chi connectivity index (χ2v) is 10.6. The van der Waals surface area contributed by atoms with Gasteiger partial charge >= 0.3 is 6.09 Å². The van der Waals surface area contributed by atoms with E-state index in [1.54, 1.807) is 34.6 Å². The van der Waals surface area contributed by atoms with Crippen LogP contribution in [0.3, 0.4) is 0 Å². The summed E-state index contributed by atoms with van der Waals surface area (Å²) < 4.78 is 19.4. The Balaban J connectivity index is 1.87. The fraction of sp³-hybridized carbons (Fsp3) is 0.448. The molecule has 0 fully saturated rings. The highest BCUT2D eigenvalue weighted by Crippen LogP contribution is 2.39. The number of anilines is 1. The van der Waals surface area contributed by atoms with Crippen molar-refractivity contribution >= 4 is 41.2 Å². The van der Waals surface area contributed by atoms with E-state index in [0.29, 0.717) is 29.1 Å². The highest BCUT2D eigenvalue weighted by Gasteiger charge is 2.37. The molecule has 1 aromatic heterocycles. The third-order valence-electron chi connectivity index (χ3n) is 6.56. The molecule has 4 amide bonds. The molecule has 3 rings (SSSR count). The maximum Gasteiger partial charge on any atom is 0.408 e. The lowest BCUT2D eigenvalue weighted by molar-refractivity contribution is -0.123. The van der Waals surface area contributed by atoms with Crippen LogP contribution in [0.4, 0.5) is 14.9 Å². The van der Waals surface area contributed by atoms with Gasteiger partial charge in [-0.3, -0.25) is 14.4 Å². The molecule has 10 nitrogen and oxygen atoms in total. The maximum absolute atomic E-state index is 14.2. The normalized spacial score (nSPS) is 14.1. The lowest BCUT2D eigenvalue weighted by atomic mass is 10.0. The molecule has 3 N–H and O–H groups in total. The molecule has 0 aliphatic carbocycles. The summed E-state index contributed by atoms with van der Waals surface area (Å²) in [6, 6.07) is 3.68. The molecule has 0 atom stereocenters. The largest absolute Gasteiger partial charge is 0.444 e. The zero-order chi connectivity index (χ0) is 29.8. The van der Waals surface area contributed by atoms with Crippen molar-refractivity contribution in [3.8, 4) is 0 Å². The fourth-order valence-electron chi connectivity index (χ4n) is 4.55. The van der Waals surface area contributed by atoms with E-state index < -0.39 is 35.9 Å². The molecule has 0 spiro atoms. The molecule has 216 valence electrons. The number of nitrogens with zero attached hydrogens (tertiary/aromatic N) is 2. The second-order valence-electron chi connectivity index (χ2n) is 10.6.